The van der Waals surface area contributed by atoms with Crippen LogP contribution in [0.1, 0.15) is 32.1 Å². The molecule has 1 heterocycles. The molecule has 0 radical (unpaired) electrons. The topological polar surface area (TPSA) is 142 Å². The Kier molecular flexibility index (Phi) is 14.5. The molecule has 2 N–H and O–H groups in total. The van der Waals surface area contributed by atoms with Crippen molar-refractivity contribution in [3.8, 4) is 11.8 Å². The van der Waals surface area contributed by atoms with Gasteiger partial charge < -0.3 is 34.3 Å². The van der Waals surface area contributed by atoms with Crippen LogP contribution in [0, 0.1) is 29.6 Å². The van der Waals surface area contributed by atoms with Gasteiger partial charge in [0.1, 0.15) is 0 Å². The van der Waals surface area contributed by atoms with Crippen LogP contribution in [0.15, 0.2) is 12.2 Å². The lowest BCUT2D eigenvalue weighted by Crippen LogP contribution is -2.35. The Morgan fingerprint density at radius 3 is 1.82 bits per heavy atom. The highest BCUT2D eigenvalue weighted by atomic mass is 16.6. The van der Waals surface area contributed by atoms with Gasteiger partial charge in [-0.15, -0.1) is 11.8 Å². The number of hydrogen-bond donors (Lipinski definition) is 2. The first kappa shape index (κ1) is 31.5. The zero-order valence-electron chi connectivity index (χ0n) is 23.0. The van der Waals surface area contributed by atoms with Crippen LogP contribution in [-0.4, -0.2) is 108 Å². The SMILES string of the molecule is O=C(CCN1C(=O)C=CC1=O)NCCOCCOCCOCCOCCNC(=O)OC[C@@H]1[C@@H]2CCC#CCC[C@@H]21. The van der Waals surface area contributed by atoms with Crippen LogP contribution in [0.2, 0.25) is 0 Å². The van der Waals surface area contributed by atoms with Crippen molar-refractivity contribution in [2.24, 2.45) is 17.8 Å². The molecule has 4 amide bonds. The first-order chi connectivity index (χ1) is 19.6. The van der Waals surface area contributed by atoms with Gasteiger partial charge >= 0.3 is 6.09 Å². The number of nitrogens with one attached hydrogen (secondary N) is 2. The third-order valence-corrected chi connectivity index (χ3v) is 6.91. The molecule has 1 aliphatic heterocycles. The van der Waals surface area contributed by atoms with Gasteiger partial charge in [-0.3, -0.25) is 19.3 Å². The van der Waals surface area contributed by atoms with Gasteiger partial charge in [-0.2, -0.15) is 0 Å². The number of ether oxygens (including phenoxy) is 5. The summed E-state index contributed by atoms with van der Waals surface area (Å²) in [7, 11) is 0. The Balaban J connectivity index is 0.996. The lowest BCUT2D eigenvalue weighted by molar-refractivity contribution is -0.137. The van der Waals surface area contributed by atoms with E-state index in [1.54, 1.807) is 0 Å². The normalized spacial score (nSPS) is 21.2. The van der Waals surface area contributed by atoms with Crippen LogP contribution in [-0.2, 0) is 38.1 Å². The van der Waals surface area contributed by atoms with E-state index in [0.29, 0.717) is 90.3 Å². The fourth-order valence-electron chi connectivity index (χ4n) is 4.71. The molecule has 3 aliphatic rings. The predicted molar refractivity (Wildman–Crippen MR) is 143 cm³/mol. The molecule has 12 nitrogen and oxygen atoms in total. The summed E-state index contributed by atoms with van der Waals surface area (Å²) in [5.41, 5.74) is 0. The summed E-state index contributed by atoms with van der Waals surface area (Å²) in [4.78, 5) is 47.5. The minimum atomic E-state index is -0.399. The fourth-order valence-corrected chi connectivity index (χ4v) is 4.71. The minimum absolute atomic E-state index is 0.0524. The van der Waals surface area contributed by atoms with E-state index >= 15 is 0 Å². The first-order valence-electron chi connectivity index (χ1n) is 14.0. The number of alkyl carbamates (subject to hydrolysis) is 1. The van der Waals surface area contributed by atoms with Crippen LogP contribution in [0.3, 0.4) is 0 Å². The van der Waals surface area contributed by atoms with Gasteiger partial charge in [0.05, 0.1) is 59.5 Å². The number of imide groups is 1. The molecule has 40 heavy (non-hydrogen) atoms. The molecule has 222 valence electrons. The number of carbonyl (C=O) groups excluding carboxylic acids is 4. The van der Waals surface area contributed by atoms with Gasteiger partial charge in [0.2, 0.25) is 5.91 Å². The smallest absolute Gasteiger partial charge is 0.407 e. The predicted octanol–water partition coefficient (Wildman–Crippen LogP) is 0.650. The summed E-state index contributed by atoms with van der Waals surface area (Å²) in [6, 6.07) is 0. The number of fused-ring (bicyclic) bond motifs is 1. The van der Waals surface area contributed by atoms with E-state index in [2.05, 4.69) is 22.5 Å². The van der Waals surface area contributed by atoms with E-state index in [9.17, 15) is 19.2 Å². The second-order valence-electron chi connectivity index (χ2n) is 9.66. The Morgan fingerprint density at radius 1 is 0.775 bits per heavy atom. The zero-order valence-corrected chi connectivity index (χ0v) is 23.0. The largest absolute Gasteiger partial charge is 0.449 e. The summed E-state index contributed by atoms with van der Waals surface area (Å²) < 4.78 is 27.0. The molecule has 0 spiro atoms. The number of amides is 4. The molecular formula is C28H41N3O9. The van der Waals surface area contributed by atoms with E-state index in [-0.39, 0.29) is 18.9 Å². The summed E-state index contributed by atoms with van der Waals surface area (Å²) in [6.45, 7) is 4.44. The second kappa shape index (κ2) is 18.4. The molecular weight excluding hydrogens is 522 g/mol. The maximum Gasteiger partial charge on any atom is 0.407 e. The Morgan fingerprint density at radius 2 is 1.27 bits per heavy atom. The number of nitrogens with zero attached hydrogens (tertiary/aromatic N) is 1. The van der Waals surface area contributed by atoms with Crippen LogP contribution in [0.25, 0.3) is 0 Å². The second-order valence-corrected chi connectivity index (χ2v) is 9.66. The standard InChI is InChI=1S/C28H41N3O9/c32-25(9-12-31-26(33)7-8-27(31)34)29-10-13-36-15-17-38-19-20-39-18-16-37-14-11-30-28(35)40-21-24-22-5-3-1-2-4-6-23(22)24/h7-8,22-24H,3-6,9-21H2,(H,29,32)(H,30,35)/t22-,23+,24-. The Labute approximate surface area is 235 Å². The van der Waals surface area contributed by atoms with E-state index in [1.165, 1.54) is 12.2 Å². The van der Waals surface area contributed by atoms with Gasteiger partial charge in [0, 0.05) is 51.0 Å². The van der Waals surface area contributed by atoms with Crippen molar-refractivity contribution in [1.29, 1.82) is 0 Å². The molecule has 0 unspecified atom stereocenters. The van der Waals surface area contributed by atoms with Crippen molar-refractivity contribution >= 4 is 23.8 Å². The Bertz CT molecular complexity index is 894. The van der Waals surface area contributed by atoms with Gasteiger partial charge in [-0.1, -0.05) is 0 Å². The lowest BCUT2D eigenvalue weighted by atomic mass is 10.1. The fraction of sp³-hybridized carbons (Fsp3) is 0.714. The minimum Gasteiger partial charge on any atom is -0.449 e. The molecule has 12 heteroatoms. The maximum atomic E-state index is 11.9. The number of carbonyl (C=O) groups is 4. The summed E-state index contributed by atoms with van der Waals surface area (Å²) in [6.07, 6.45) is 6.17. The molecule has 2 aliphatic carbocycles. The average Bonchev–Trinajstić information content (AvgIpc) is 3.46. The van der Waals surface area contributed by atoms with E-state index < -0.39 is 17.9 Å². The van der Waals surface area contributed by atoms with Crippen LogP contribution in [0.4, 0.5) is 4.79 Å². The molecule has 0 aromatic carbocycles. The van der Waals surface area contributed by atoms with Crippen LogP contribution < -0.4 is 10.6 Å². The lowest BCUT2D eigenvalue weighted by Gasteiger charge is -2.13. The molecule has 3 atom stereocenters. The van der Waals surface area contributed by atoms with Crippen molar-refractivity contribution in [3.63, 3.8) is 0 Å². The third kappa shape index (κ3) is 12.0. The van der Waals surface area contributed by atoms with Gasteiger partial charge in [0.25, 0.3) is 11.8 Å². The summed E-state index contributed by atoms with van der Waals surface area (Å²) >= 11 is 0. The van der Waals surface area contributed by atoms with E-state index in [4.69, 9.17) is 23.7 Å². The highest BCUT2D eigenvalue weighted by Crippen LogP contribution is 2.52. The van der Waals surface area contributed by atoms with Crippen molar-refractivity contribution in [2.75, 3.05) is 79.1 Å². The average molecular weight is 564 g/mol. The monoisotopic (exact) mass is 563 g/mol. The van der Waals surface area contributed by atoms with Gasteiger partial charge in [0.15, 0.2) is 0 Å². The first-order valence-corrected chi connectivity index (χ1v) is 14.0. The molecule has 3 rings (SSSR count). The van der Waals surface area contributed by atoms with Crippen LogP contribution >= 0.6 is 0 Å². The summed E-state index contributed by atoms with van der Waals surface area (Å²) in [5.74, 6) is 7.13. The summed E-state index contributed by atoms with van der Waals surface area (Å²) in [5, 5.41) is 5.38. The van der Waals surface area contributed by atoms with Crippen molar-refractivity contribution in [1.82, 2.24) is 15.5 Å². The molecule has 0 saturated heterocycles. The highest BCUT2D eigenvalue weighted by molar-refractivity contribution is 6.13. The van der Waals surface area contributed by atoms with Gasteiger partial charge in [-0.05, 0) is 30.6 Å². The van der Waals surface area contributed by atoms with Crippen molar-refractivity contribution < 1.29 is 42.9 Å². The van der Waals surface area contributed by atoms with Crippen molar-refractivity contribution in [3.05, 3.63) is 12.2 Å². The molecule has 0 aromatic heterocycles. The molecule has 0 bridgehead atoms. The van der Waals surface area contributed by atoms with E-state index in [0.717, 1.165) is 30.6 Å². The number of hydrogen-bond acceptors (Lipinski definition) is 9. The molecule has 1 fully saturated rings. The third-order valence-electron chi connectivity index (χ3n) is 6.91. The molecule has 0 aromatic rings. The number of rotatable bonds is 20. The quantitative estimate of drug-likeness (QED) is 0.124. The highest BCUT2D eigenvalue weighted by Gasteiger charge is 2.49. The van der Waals surface area contributed by atoms with E-state index in [1.807, 2.05) is 0 Å². The maximum absolute atomic E-state index is 11.9. The molecule has 1 saturated carbocycles. The van der Waals surface area contributed by atoms with Gasteiger partial charge in [-0.25, -0.2) is 4.79 Å². The van der Waals surface area contributed by atoms with Crippen LogP contribution in [0.5, 0.6) is 0 Å². The Hall–Kier alpha value is -2.98. The zero-order chi connectivity index (χ0) is 28.4. The van der Waals surface area contributed by atoms with Crippen molar-refractivity contribution in [2.45, 2.75) is 32.1 Å².